The molecule has 2 heterocycles. The summed E-state index contributed by atoms with van der Waals surface area (Å²) in [6.07, 6.45) is -0.512. The molecule has 6 nitrogen and oxygen atoms in total. The van der Waals surface area contributed by atoms with E-state index in [2.05, 4.69) is 20.5 Å². The summed E-state index contributed by atoms with van der Waals surface area (Å²) in [5.74, 6) is -0.583. The van der Waals surface area contributed by atoms with Gasteiger partial charge in [-0.1, -0.05) is 23.4 Å². The minimum absolute atomic E-state index is 0.0502. The number of para-hydroxylation sites is 1. The van der Waals surface area contributed by atoms with E-state index < -0.39 is 12.3 Å². The number of fused-ring (bicyclic) bond motifs is 1. The van der Waals surface area contributed by atoms with Gasteiger partial charge in [0.05, 0.1) is 12.1 Å². The number of carbonyl (C=O) groups is 1. The highest BCUT2D eigenvalue weighted by Gasteiger charge is 2.35. The Morgan fingerprint density at radius 3 is 2.80 bits per heavy atom. The molecule has 4 rings (SSSR count). The van der Waals surface area contributed by atoms with E-state index in [0.29, 0.717) is 13.0 Å². The maximum atomic E-state index is 13.4. The number of aromatic nitrogens is 3. The summed E-state index contributed by atoms with van der Waals surface area (Å²) in [7, 11) is 1.95. The molecule has 2 aromatic rings. The van der Waals surface area contributed by atoms with Gasteiger partial charge in [0.2, 0.25) is 0 Å². The lowest BCUT2D eigenvalue weighted by Gasteiger charge is -2.33. The summed E-state index contributed by atoms with van der Waals surface area (Å²) in [5.41, 5.74) is 1.62. The number of hydrogen-bond acceptors (Lipinski definition) is 4. The number of likely N-dealkylation sites (N-methyl/N-ethyl adjacent to an activating group) is 1. The predicted octanol–water partition coefficient (Wildman–Crippen LogP) is 2.34. The summed E-state index contributed by atoms with van der Waals surface area (Å²) in [4.78, 5) is 14.6. The fraction of sp³-hybridized carbons (Fsp3) is 0.471. The molecule has 132 valence electrons. The van der Waals surface area contributed by atoms with Crippen molar-refractivity contribution in [2.24, 2.45) is 0 Å². The first-order valence-corrected chi connectivity index (χ1v) is 8.37. The van der Waals surface area contributed by atoms with Crippen LogP contribution in [-0.4, -0.2) is 40.5 Å². The number of benzene rings is 1. The average molecular weight is 347 g/mol. The van der Waals surface area contributed by atoms with Crippen molar-refractivity contribution in [2.45, 2.75) is 37.8 Å². The van der Waals surface area contributed by atoms with E-state index in [9.17, 15) is 13.6 Å². The molecule has 1 N–H and O–H groups in total. The molecule has 1 aliphatic heterocycles. The van der Waals surface area contributed by atoms with Crippen molar-refractivity contribution in [1.82, 2.24) is 20.3 Å². The second-order valence-corrected chi connectivity index (χ2v) is 6.68. The molecule has 1 saturated carbocycles. The minimum atomic E-state index is -2.77. The fourth-order valence-electron chi connectivity index (χ4n) is 3.42. The quantitative estimate of drug-likeness (QED) is 0.922. The van der Waals surface area contributed by atoms with E-state index in [-0.39, 0.29) is 23.5 Å². The molecule has 0 saturated heterocycles. The number of carbonyl (C=O) groups excluding carboxylic acids is 1. The zero-order chi connectivity index (χ0) is 17.6. The van der Waals surface area contributed by atoms with Crippen LogP contribution in [0.15, 0.2) is 24.3 Å². The number of hydrogen-bond donors (Lipinski definition) is 1. The number of nitrogens with zero attached hydrogens (tertiary/aromatic N) is 4. The lowest BCUT2D eigenvalue weighted by Crippen LogP contribution is -2.47. The van der Waals surface area contributed by atoms with Crippen LogP contribution in [0.2, 0.25) is 0 Å². The minimum Gasteiger partial charge on any atom is -0.372 e. The largest absolute Gasteiger partial charge is 0.372 e. The Hall–Kier alpha value is -2.51. The van der Waals surface area contributed by atoms with Gasteiger partial charge in [-0.15, -0.1) is 5.10 Å². The van der Waals surface area contributed by atoms with Gasteiger partial charge in [0.15, 0.2) is 5.69 Å². The van der Waals surface area contributed by atoms with Crippen LogP contribution in [0.4, 0.5) is 14.5 Å². The van der Waals surface area contributed by atoms with Gasteiger partial charge in [-0.25, -0.2) is 13.5 Å². The Morgan fingerprint density at radius 2 is 2.08 bits per heavy atom. The smallest absolute Gasteiger partial charge is 0.282 e. The van der Waals surface area contributed by atoms with Gasteiger partial charge in [-0.3, -0.25) is 4.79 Å². The SMILES string of the molecule is CN1CC(NC(=O)c2nnn(C3CC3)c2C(F)F)Cc2ccccc21. The average Bonchev–Trinajstić information content (AvgIpc) is 3.32. The van der Waals surface area contributed by atoms with E-state index >= 15 is 0 Å². The highest BCUT2D eigenvalue weighted by molar-refractivity contribution is 5.93. The number of nitrogens with one attached hydrogen (secondary N) is 1. The van der Waals surface area contributed by atoms with Crippen molar-refractivity contribution in [3.8, 4) is 0 Å². The summed E-state index contributed by atoms with van der Waals surface area (Å²) in [6.45, 7) is 0.615. The Labute approximate surface area is 143 Å². The summed E-state index contributed by atoms with van der Waals surface area (Å²) in [6, 6.07) is 7.75. The van der Waals surface area contributed by atoms with E-state index in [1.165, 1.54) is 4.68 Å². The molecule has 1 aromatic heterocycles. The Bertz CT molecular complexity index is 802. The van der Waals surface area contributed by atoms with Gasteiger partial charge in [-0.05, 0) is 30.9 Å². The topological polar surface area (TPSA) is 63.1 Å². The standard InChI is InChI=1S/C17H19F2N5O/c1-23-9-11(8-10-4-2-3-5-13(10)23)20-17(25)14-15(16(18)19)24(22-21-14)12-6-7-12/h2-5,11-12,16H,6-9H2,1H3,(H,20,25). The van der Waals surface area contributed by atoms with Crippen LogP contribution in [0.5, 0.6) is 0 Å². The molecule has 1 aromatic carbocycles. The van der Waals surface area contributed by atoms with Gasteiger partial charge < -0.3 is 10.2 Å². The Morgan fingerprint density at radius 1 is 1.32 bits per heavy atom. The van der Waals surface area contributed by atoms with Crippen molar-refractivity contribution in [2.75, 3.05) is 18.5 Å². The van der Waals surface area contributed by atoms with Gasteiger partial charge in [0, 0.05) is 19.3 Å². The molecule has 0 bridgehead atoms. The molecule has 1 atom stereocenters. The maximum Gasteiger partial charge on any atom is 0.282 e. The molecule has 1 unspecified atom stereocenters. The Balaban J connectivity index is 1.53. The molecular weight excluding hydrogens is 328 g/mol. The predicted molar refractivity (Wildman–Crippen MR) is 87.9 cm³/mol. The van der Waals surface area contributed by atoms with Gasteiger partial charge in [-0.2, -0.15) is 0 Å². The monoisotopic (exact) mass is 347 g/mol. The number of rotatable bonds is 4. The maximum absolute atomic E-state index is 13.4. The lowest BCUT2D eigenvalue weighted by molar-refractivity contribution is 0.0914. The first-order chi connectivity index (χ1) is 12.0. The number of halogens is 2. The van der Waals surface area contributed by atoms with E-state index in [0.717, 1.165) is 24.1 Å². The molecule has 1 fully saturated rings. The van der Waals surface area contributed by atoms with Crippen LogP contribution >= 0.6 is 0 Å². The third-order valence-electron chi connectivity index (χ3n) is 4.74. The summed E-state index contributed by atoms with van der Waals surface area (Å²) < 4.78 is 28.0. The number of anilines is 1. The van der Waals surface area contributed by atoms with Crippen molar-refractivity contribution in [1.29, 1.82) is 0 Å². The van der Waals surface area contributed by atoms with Crippen LogP contribution in [0.3, 0.4) is 0 Å². The van der Waals surface area contributed by atoms with Gasteiger partial charge >= 0.3 is 0 Å². The molecule has 25 heavy (non-hydrogen) atoms. The second-order valence-electron chi connectivity index (χ2n) is 6.68. The molecular formula is C17H19F2N5O. The summed E-state index contributed by atoms with van der Waals surface area (Å²) >= 11 is 0. The van der Waals surface area contributed by atoms with Gasteiger partial charge in [0.1, 0.15) is 5.69 Å². The zero-order valence-corrected chi connectivity index (χ0v) is 13.8. The van der Waals surface area contributed by atoms with Gasteiger partial charge in [0.25, 0.3) is 12.3 Å². The van der Waals surface area contributed by atoms with E-state index in [1.54, 1.807) is 0 Å². The summed E-state index contributed by atoms with van der Waals surface area (Å²) in [5, 5.41) is 10.4. The van der Waals surface area contributed by atoms with Crippen LogP contribution in [-0.2, 0) is 6.42 Å². The van der Waals surface area contributed by atoms with Crippen molar-refractivity contribution in [3.05, 3.63) is 41.2 Å². The van der Waals surface area contributed by atoms with Crippen molar-refractivity contribution >= 4 is 11.6 Å². The van der Waals surface area contributed by atoms with Crippen LogP contribution in [0.1, 0.15) is 47.1 Å². The highest BCUT2D eigenvalue weighted by Crippen LogP contribution is 2.38. The molecule has 8 heteroatoms. The van der Waals surface area contributed by atoms with Crippen molar-refractivity contribution < 1.29 is 13.6 Å². The highest BCUT2D eigenvalue weighted by atomic mass is 19.3. The molecule has 0 radical (unpaired) electrons. The normalized spacial score (nSPS) is 19.8. The lowest BCUT2D eigenvalue weighted by atomic mass is 9.98. The fourth-order valence-corrected chi connectivity index (χ4v) is 3.42. The molecule has 1 aliphatic carbocycles. The third kappa shape index (κ3) is 2.96. The molecule has 0 spiro atoms. The van der Waals surface area contributed by atoms with E-state index in [4.69, 9.17) is 0 Å². The van der Waals surface area contributed by atoms with Crippen LogP contribution in [0.25, 0.3) is 0 Å². The third-order valence-corrected chi connectivity index (χ3v) is 4.74. The number of alkyl halides is 2. The first-order valence-electron chi connectivity index (χ1n) is 8.37. The van der Waals surface area contributed by atoms with Crippen LogP contribution in [0, 0.1) is 0 Å². The zero-order valence-electron chi connectivity index (χ0n) is 13.8. The van der Waals surface area contributed by atoms with Crippen molar-refractivity contribution in [3.63, 3.8) is 0 Å². The first kappa shape index (κ1) is 16.0. The van der Waals surface area contributed by atoms with Crippen LogP contribution < -0.4 is 10.2 Å². The molecule has 2 aliphatic rings. The Kier molecular flexibility index (Phi) is 3.89. The molecule has 1 amide bonds. The second kappa shape index (κ2) is 6.09. The number of amides is 1. The van der Waals surface area contributed by atoms with E-state index in [1.807, 2.05) is 31.3 Å².